The predicted molar refractivity (Wildman–Crippen MR) is 142 cm³/mol. The Morgan fingerprint density at radius 3 is 1.69 bits per heavy atom. The van der Waals surface area contributed by atoms with E-state index in [1.54, 1.807) is 48.5 Å². The number of Topliss-reactive ketones (excluding diaryl/α,β-unsaturated/α-hetero) is 1. The van der Waals surface area contributed by atoms with E-state index in [-0.39, 0.29) is 24.7 Å². The van der Waals surface area contributed by atoms with Crippen molar-refractivity contribution in [1.29, 1.82) is 0 Å². The summed E-state index contributed by atoms with van der Waals surface area (Å²) in [5.41, 5.74) is 7.56. The molecule has 1 amide bonds. The molecule has 4 atom stereocenters. The van der Waals surface area contributed by atoms with E-state index >= 15 is 0 Å². The van der Waals surface area contributed by atoms with Crippen molar-refractivity contribution < 1.29 is 50.6 Å². The summed E-state index contributed by atoms with van der Waals surface area (Å²) in [6, 6.07) is -2.74. The molecular weight excluding hydrogens is 569 g/mol. The molecule has 0 fully saturated rings. The molecule has 5 N–H and O–H groups in total. The van der Waals surface area contributed by atoms with Gasteiger partial charge in [-0.3, -0.25) is 14.4 Å². The van der Waals surface area contributed by atoms with E-state index < -0.39 is 94.0 Å². The van der Waals surface area contributed by atoms with Gasteiger partial charge in [0, 0.05) is 11.6 Å². The number of ketones is 1. The molecule has 2 unspecified atom stereocenters. The smallest absolute Gasteiger partial charge is 0.408 e. The number of esters is 2. The first kappa shape index (κ1) is 36.9. The van der Waals surface area contributed by atoms with Crippen LogP contribution in [-0.2, 0) is 23.9 Å². The zero-order chi connectivity index (χ0) is 32.9. The minimum atomic E-state index is -2.44. The number of hydrogen-bond donors (Lipinski definition) is 3. The van der Waals surface area contributed by atoms with E-state index in [9.17, 15) is 41.1 Å². The molecule has 0 heterocycles. The maximum absolute atomic E-state index is 14.6. The average Bonchev–Trinajstić information content (AvgIpc) is 2.80. The van der Waals surface area contributed by atoms with E-state index in [0.29, 0.717) is 0 Å². The molecule has 1 rings (SSSR count). The Bertz CT molecular complexity index is 1150. The molecule has 1 aromatic rings. The van der Waals surface area contributed by atoms with Crippen LogP contribution in [-0.4, -0.2) is 47.0 Å². The summed E-state index contributed by atoms with van der Waals surface area (Å²) in [6.07, 6.45) is -1.90. The molecule has 9 nitrogen and oxygen atoms in total. The highest BCUT2D eigenvalue weighted by atomic mass is 19.2. The molecule has 0 aromatic heterocycles. The Hall–Kier alpha value is -3.13. The number of ether oxygens (including phenoxy) is 2. The number of carbonyl (C=O) groups is 4. The largest absolute Gasteiger partial charge is 0.444 e. The van der Waals surface area contributed by atoms with E-state index in [1.807, 2.05) is 0 Å². The molecule has 0 radical (unpaired) electrons. The first-order valence-corrected chi connectivity index (χ1v) is 13.3. The van der Waals surface area contributed by atoms with Gasteiger partial charge < -0.3 is 26.3 Å². The summed E-state index contributed by atoms with van der Waals surface area (Å²) < 4.78 is 80.7. The molecule has 0 bridgehead atoms. The number of nitrogens with one attached hydrogen (secondary N) is 1. The van der Waals surface area contributed by atoms with Crippen LogP contribution in [0, 0.1) is 40.9 Å². The second-order valence-corrected chi connectivity index (χ2v) is 12.3. The number of amides is 1. The van der Waals surface area contributed by atoms with Crippen molar-refractivity contribution in [2.75, 3.05) is 0 Å². The number of rotatable bonds is 12. The standard InChI is InChI=1S/C28H40F5N3O6/c1-12(2)9-14(34)17(18-19(29)21(31)23(33)22(32)20(18)30)25(39)41-16(37)11-28(8,35)24(38)15(10-13(3)4)36-26(40)42-27(5,6)7/h12-15,17H,9-11,34-35H2,1-8H3,(H,36,40)/t14-,15?,17?,28-/m0/s1. The minimum Gasteiger partial charge on any atom is -0.444 e. The third-order valence-electron chi connectivity index (χ3n) is 5.98. The van der Waals surface area contributed by atoms with Gasteiger partial charge in [0.25, 0.3) is 0 Å². The summed E-state index contributed by atoms with van der Waals surface area (Å²) in [5.74, 6) is -18.3. The molecule has 14 heteroatoms. The fourth-order valence-corrected chi connectivity index (χ4v) is 4.23. The lowest BCUT2D eigenvalue weighted by Gasteiger charge is -2.30. The van der Waals surface area contributed by atoms with Crippen molar-refractivity contribution >= 4 is 23.8 Å². The van der Waals surface area contributed by atoms with Crippen molar-refractivity contribution in [2.45, 2.75) is 104 Å². The van der Waals surface area contributed by atoms with E-state index in [1.165, 1.54) is 0 Å². The van der Waals surface area contributed by atoms with Crippen LogP contribution in [0.15, 0.2) is 0 Å². The van der Waals surface area contributed by atoms with Crippen LogP contribution >= 0.6 is 0 Å². The fourth-order valence-electron chi connectivity index (χ4n) is 4.23. The van der Waals surface area contributed by atoms with Gasteiger partial charge in [0.1, 0.15) is 11.5 Å². The number of carbonyl (C=O) groups excluding carboxylic acids is 4. The van der Waals surface area contributed by atoms with Crippen molar-refractivity contribution in [3.8, 4) is 0 Å². The number of hydrogen-bond acceptors (Lipinski definition) is 8. The van der Waals surface area contributed by atoms with Crippen molar-refractivity contribution in [1.82, 2.24) is 5.32 Å². The second-order valence-electron chi connectivity index (χ2n) is 12.3. The average molecular weight is 610 g/mol. The molecule has 0 aliphatic rings. The van der Waals surface area contributed by atoms with Gasteiger partial charge in [0.15, 0.2) is 29.1 Å². The minimum absolute atomic E-state index is 0.102. The van der Waals surface area contributed by atoms with Gasteiger partial charge in [-0.25, -0.2) is 26.7 Å². The Balaban J connectivity index is 3.30. The van der Waals surface area contributed by atoms with E-state index in [0.717, 1.165) is 6.92 Å². The van der Waals surface area contributed by atoms with Crippen LogP contribution in [0.2, 0.25) is 0 Å². The van der Waals surface area contributed by atoms with Gasteiger partial charge in [-0.15, -0.1) is 0 Å². The Morgan fingerprint density at radius 1 is 0.810 bits per heavy atom. The summed E-state index contributed by atoms with van der Waals surface area (Å²) >= 11 is 0. The highest BCUT2D eigenvalue weighted by Gasteiger charge is 2.42. The highest BCUT2D eigenvalue weighted by Crippen LogP contribution is 2.33. The number of nitrogens with two attached hydrogens (primary N) is 2. The molecule has 0 saturated heterocycles. The summed E-state index contributed by atoms with van der Waals surface area (Å²) in [4.78, 5) is 51.3. The molecule has 0 spiro atoms. The van der Waals surface area contributed by atoms with Gasteiger partial charge in [0.2, 0.25) is 5.82 Å². The topological polar surface area (TPSA) is 151 Å². The molecule has 1 aromatic carbocycles. The Kier molecular flexibility index (Phi) is 12.6. The van der Waals surface area contributed by atoms with Crippen LogP contribution < -0.4 is 16.8 Å². The van der Waals surface area contributed by atoms with Gasteiger partial charge in [-0.05, 0) is 52.4 Å². The van der Waals surface area contributed by atoms with Crippen molar-refractivity contribution in [3.05, 3.63) is 34.6 Å². The molecule has 42 heavy (non-hydrogen) atoms. The Labute approximate surface area is 241 Å². The Morgan fingerprint density at radius 2 is 1.26 bits per heavy atom. The van der Waals surface area contributed by atoms with Crippen molar-refractivity contribution in [2.24, 2.45) is 23.3 Å². The number of benzene rings is 1. The number of halogens is 5. The summed E-state index contributed by atoms with van der Waals surface area (Å²) in [6.45, 7) is 12.7. The van der Waals surface area contributed by atoms with Gasteiger partial charge in [-0.1, -0.05) is 27.7 Å². The first-order valence-electron chi connectivity index (χ1n) is 13.3. The monoisotopic (exact) mass is 609 g/mol. The third-order valence-corrected chi connectivity index (χ3v) is 5.98. The zero-order valence-corrected chi connectivity index (χ0v) is 25.0. The van der Waals surface area contributed by atoms with Crippen LogP contribution in [0.1, 0.15) is 86.1 Å². The highest BCUT2D eigenvalue weighted by molar-refractivity contribution is 5.99. The molecule has 0 aliphatic carbocycles. The lowest BCUT2D eigenvalue weighted by atomic mass is 9.85. The quantitative estimate of drug-likeness (QED) is 0.103. The van der Waals surface area contributed by atoms with Gasteiger partial charge in [-0.2, -0.15) is 0 Å². The van der Waals surface area contributed by atoms with Crippen LogP contribution in [0.5, 0.6) is 0 Å². The van der Waals surface area contributed by atoms with Gasteiger partial charge in [0.05, 0.1) is 18.0 Å². The summed E-state index contributed by atoms with van der Waals surface area (Å²) in [7, 11) is 0. The maximum atomic E-state index is 14.6. The first-order chi connectivity index (χ1) is 19.0. The second kappa shape index (κ2) is 14.4. The maximum Gasteiger partial charge on any atom is 0.408 e. The fraction of sp³-hybridized carbons (Fsp3) is 0.643. The van der Waals surface area contributed by atoms with Crippen LogP contribution in [0.25, 0.3) is 0 Å². The lowest BCUT2D eigenvalue weighted by molar-refractivity contribution is -0.162. The molecule has 0 aliphatic heterocycles. The third kappa shape index (κ3) is 10.0. The SMILES string of the molecule is CC(C)CC(NC(=O)OC(C)(C)C)C(=O)[C@@](C)(N)CC(=O)OC(=O)C(c1c(F)c(F)c(F)c(F)c1F)[C@@H](N)CC(C)C. The normalized spacial score (nSPS) is 15.5. The van der Waals surface area contributed by atoms with Crippen LogP contribution in [0.3, 0.4) is 0 Å². The van der Waals surface area contributed by atoms with Crippen LogP contribution in [0.4, 0.5) is 26.7 Å². The van der Waals surface area contributed by atoms with Gasteiger partial charge >= 0.3 is 18.0 Å². The molecule has 238 valence electrons. The predicted octanol–water partition coefficient (Wildman–Crippen LogP) is 4.52. The van der Waals surface area contributed by atoms with E-state index in [2.05, 4.69) is 5.32 Å². The zero-order valence-electron chi connectivity index (χ0n) is 25.0. The molecule has 0 saturated carbocycles. The molecular formula is C28H40F5N3O6. The number of alkyl carbamates (subject to hydrolysis) is 1. The summed E-state index contributed by atoms with van der Waals surface area (Å²) in [5, 5.41) is 2.41. The lowest BCUT2D eigenvalue weighted by Crippen LogP contribution is -2.57. The van der Waals surface area contributed by atoms with Crippen molar-refractivity contribution in [3.63, 3.8) is 0 Å². The van der Waals surface area contributed by atoms with E-state index in [4.69, 9.17) is 20.9 Å².